The molecule has 0 aliphatic carbocycles. The van der Waals surface area contributed by atoms with Crippen LogP contribution in [0.4, 0.5) is 24.0 Å². The Balaban J connectivity index is 1.37. The highest BCUT2D eigenvalue weighted by atomic mass is 32.2. The Morgan fingerprint density at radius 1 is 1.25 bits per heavy atom. The normalized spacial score (nSPS) is 16.1. The van der Waals surface area contributed by atoms with Crippen molar-refractivity contribution in [2.75, 3.05) is 23.7 Å². The second-order valence-electron chi connectivity index (χ2n) is 10.3. The zero-order valence-corrected chi connectivity index (χ0v) is 23.9. The standard InChI is InChI=1S/C27H30F3N5O3S2/c1-5-21(36)34-19-9-8-16(11-18(19)27(28,29)30)24(37)35-10-6-7-17(14-35)33-25-32-13-23(40-25)39-15-22-31-12-20(38-22)26(2,3)4/h5,8-9,11-13,17H,1,6-7,10,14-15H2,2-4H3,(H,32,33)(H,34,36)/t17-/m1/s1. The minimum Gasteiger partial charge on any atom is -0.444 e. The first kappa shape index (κ1) is 29.7. The lowest BCUT2D eigenvalue weighted by Gasteiger charge is -2.33. The van der Waals surface area contributed by atoms with Crippen LogP contribution in [-0.2, 0) is 22.1 Å². The Morgan fingerprint density at radius 3 is 2.70 bits per heavy atom. The molecule has 1 aliphatic heterocycles. The number of thioether (sulfide) groups is 1. The third-order valence-corrected chi connectivity index (χ3v) is 8.27. The van der Waals surface area contributed by atoms with Crippen molar-refractivity contribution in [2.45, 2.75) is 61.2 Å². The predicted octanol–water partition coefficient (Wildman–Crippen LogP) is 6.58. The highest BCUT2D eigenvalue weighted by Crippen LogP contribution is 2.36. The number of carbonyl (C=O) groups is 2. The number of benzene rings is 1. The first-order chi connectivity index (χ1) is 18.8. The van der Waals surface area contributed by atoms with Gasteiger partial charge in [-0.25, -0.2) is 9.97 Å². The zero-order valence-electron chi connectivity index (χ0n) is 22.3. The van der Waals surface area contributed by atoms with E-state index in [-0.39, 0.29) is 17.0 Å². The number of rotatable bonds is 8. The number of alkyl halides is 3. The fourth-order valence-electron chi connectivity index (χ4n) is 4.09. The van der Waals surface area contributed by atoms with Gasteiger partial charge in [-0.15, -0.1) is 11.8 Å². The van der Waals surface area contributed by atoms with Gasteiger partial charge in [-0.3, -0.25) is 9.59 Å². The van der Waals surface area contributed by atoms with Gasteiger partial charge >= 0.3 is 6.18 Å². The Kier molecular flexibility index (Phi) is 8.93. The van der Waals surface area contributed by atoms with Gasteiger partial charge in [-0.05, 0) is 37.1 Å². The maximum atomic E-state index is 13.7. The lowest BCUT2D eigenvalue weighted by Crippen LogP contribution is -2.45. The third kappa shape index (κ3) is 7.45. The summed E-state index contributed by atoms with van der Waals surface area (Å²) in [6.45, 7) is 10.2. The minimum atomic E-state index is -4.76. The van der Waals surface area contributed by atoms with Crippen LogP contribution in [0, 0.1) is 0 Å². The highest BCUT2D eigenvalue weighted by molar-refractivity contribution is 8.00. The summed E-state index contributed by atoms with van der Waals surface area (Å²) in [6.07, 6.45) is 1.12. The smallest absolute Gasteiger partial charge is 0.418 e. The van der Waals surface area contributed by atoms with Gasteiger partial charge in [0.1, 0.15) is 5.76 Å². The Bertz CT molecular complexity index is 1380. The summed E-state index contributed by atoms with van der Waals surface area (Å²) in [7, 11) is 0. The molecule has 1 fully saturated rings. The molecule has 2 amide bonds. The van der Waals surface area contributed by atoms with Crippen LogP contribution in [0.2, 0.25) is 0 Å². The van der Waals surface area contributed by atoms with E-state index in [0.29, 0.717) is 36.3 Å². The van der Waals surface area contributed by atoms with Crippen LogP contribution in [0.15, 0.2) is 51.9 Å². The number of nitrogens with zero attached hydrogens (tertiary/aromatic N) is 3. The summed E-state index contributed by atoms with van der Waals surface area (Å²) < 4.78 is 47.8. The monoisotopic (exact) mass is 593 g/mol. The average molecular weight is 594 g/mol. The molecule has 3 heterocycles. The van der Waals surface area contributed by atoms with E-state index >= 15 is 0 Å². The van der Waals surface area contributed by atoms with Gasteiger partial charge < -0.3 is 20.0 Å². The van der Waals surface area contributed by atoms with Gasteiger partial charge in [-0.2, -0.15) is 13.2 Å². The number of likely N-dealkylation sites (tertiary alicyclic amines) is 1. The van der Waals surface area contributed by atoms with Crippen LogP contribution in [0.25, 0.3) is 0 Å². The molecule has 1 saturated heterocycles. The Hall–Kier alpha value is -3.32. The molecule has 1 atom stereocenters. The molecular weight excluding hydrogens is 563 g/mol. The van der Waals surface area contributed by atoms with Gasteiger partial charge in [0, 0.05) is 30.1 Å². The topological polar surface area (TPSA) is 100 Å². The summed E-state index contributed by atoms with van der Waals surface area (Å²) in [6, 6.07) is 3.06. The van der Waals surface area contributed by atoms with E-state index in [2.05, 4.69) is 48.0 Å². The first-order valence-electron chi connectivity index (χ1n) is 12.6. The summed E-state index contributed by atoms with van der Waals surface area (Å²) in [4.78, 5) is 35.0. The van der Waals surface area contributed by atoms with E-state index < -0.39 is 29.2 Å². The number of halogens is 3. The van der Waals surface area contributed by atoms with Crippen molar-refractivity contribution in [3.8, 4) is 0 Å². The fourth-order valence-corrected chi connectivity index (χ4v) is 5.89. The Morgan fingerprint density at radius 2 is 2.02 bits per heavy atom. The number of amides is 2. The summed E-state index contributed by atoms with van der Waals surface area (Å²) in [5.74, 6) is 0.764. The molecule has 1 aliphatic rings. The molecule has 0 unspecified atom stereocenters. The first-order valence-corrected chi connectivity index (χ1v) is 14.4. The molecule has 1 aromatic carbocycles. The number of hydrogen-bond donors (Lipinski definition) is 2. The molecule has 8 nitrogen and oxygen atoms in total. The lowest BCUT2D eigenvalue weighted by molar-refractivity contribution is -0.137. The largest absolute Gasteiger partial charge is 0.444 e. The van der Waals surface area contributed by atoms with Crippen molar-refractivity contribution in [2.24, 2.45) is 0 Å². The molecule has 3 aromatic rings. The molecule has 13 heteroatoms. The van der Waals surface area contributed by atoms with Crippen LogP contribution >= 0.6 is 23.1 Å². The number of carbonyl (C=O) groups excluding carboxylic acids is 2. The van der Waals surface area contributed by atoms with Crippen LogP contribution in [0.1, 0.15) is 61.2 Å². The molecule has 0 radical (unpaired) electrons. The van der Waals surface area contributed by atoms with Crippen LogP contribution in [0.5, 0.6) is 0 Å². The van der Waals surface area contributed by atoms with Gasteiger partial charge in [-0.1, -0.05) is 38.7 Å². The molecular formula is C27H30F3N5O3S2. The van der Waals surface area contributed by atoms with Gasteiger partial charge in [0.05, 0.1) is 33.6 Å². The number of piperidine rings is 1. The minimum absolute atomic E-state index is 0.0985. The van der Waals surface area contributed by atoms with E-state index in [1.54, 1.807) is 24.2 Å². The molecule has 4 rings (SSSR count). The third-order valence-electron chi connectivity index (χ3n) is 6.17. The molecule has 40 heavy (non-hydrogen) atoms. The van der Waals surface area contributed by atoms with Crippen molar-refractivity contribution < 1.29 is 27.2 Å². The van der Waals surface area contributed by atoms with E-state index in [1.807, 2.05) is 0 Å². The molecule has 0 saturated carbocycles. The van der Waals surface area contributed by atoms with E-state index in [4.69, 9.17) is 4.42 Å². The number of hydrogen-bond acceptors (Lipinski definition) is 8. The SMILES string of the molecule is C=CC(=O)Nc1ccc(C(=O)N2CCC[C@@H](Nc3ncc(SCc4ncc(C(C)(C)C)o4)s3)C2)cc1C(F)(F)F. The summed E-state index contributed by atoms with van der Waals surface area (Å²) >= 11 is 3.04. The van der Waals surface area contributed by atoms with Crippen molar-refractivity contribution in [1.29, 1.82) is 0 Å². The zero-order chi connectivity index (χ0) is 29.1. The van der Waals surface area contributed by atoms with Crippen molar-refractivity contribution in [3.05, 3.63) is 66.0 Å². The fraction of sp³-hybridized carbons (Fsp3) is 0.407. The van der Waals surface area contributed by atoms with E-state index in [9.17, 15) is 22.8 Å². The molecule has 0 spiro atoms. The van der Waals surface area contributed by atoms with Crippen molar-refractivity contribution in [1.82, 2.24) is 14.9 Å². The second-order valence-corrected chi connectivity index (χ2v) is 12.6. The van der Waals surface area contributed by atoms with Gasteiger partial charge in [0.2, 0.25) is 11.8 Å². The number of aromatic nitrogens is 2. The number of thiazole rings is 1. The van der Waals surface area contributed by atoms with E-state index in [1.165, 1.54) is 22.3 Å². The summed E-state index contributed by atoms with van der Waals surface area (Å²) in [5, 5.41) is 6.20. The highest BCUT2D eigenvalue weighted by Gasteiger charge is 2.35. The van der Waals surface area contributed by atoms with Crippen molar-refractivity contribution in [3.63, 3.8) is 0 Å². The van der Waals surface area contributed by atoms with Crippen LogP contribution in [0.3, 0.4) is 0 Å². The van der Waals surface area contributed by atoms with Gasteiger partial charge in [0.15, 0.2) is 5.13 Å². The maximum absolute atomic E-state index is 13.7. The van der Waals surface area contributed by atoms with Crippen molar-refractivity contribution >= 4 is 45.7 Å². The average Bonchev–Trinajstić information content (AvgIpc) is 3.56. The van der Waals surface area contributed by atoms with Crippen LogP contribution in [-0.4, -0.2) is 45.8 Å². The number of anilines is 2. The lowest BCUT2D eigenvalue weighted by atomic mass is 9.94. The maximum Gasteiger partial charge on any atom is 0.418 e. The van der Waals surface area contributed by atoms with E-state index in [0.717, 1.165) is 34.6 Å². The Labute approximate surface area is 238 Å². The second kappa shape index (κ2) is 12.0. The number of oxazole rings is 1. The molecule has 2 aromatic heterocycles. The van der Waals surface area contributed by atoms with Gasteiger partial charge in [0.25, 0.3) is 5.91 Å². The molecule has 2 N–H and O–H groups in total. The number of nitrogens with one attached hydrogen (secondary N) is 2. The van der Waals surface area contributed by atoms with Crippen LogP contribution < -0.4 is 10.6 Å². The quantitative estimate of drug-likeness (QED) is 0.225. The molecule has 0 bridgehead atoms. The summed E-state index contributed by atoms with van der Waals surface area (Å²) in [5.41, 5.74) is -1.73. The molecule has 214 valence electrons. The predicted molar refractivity (Wildman–Crippen MR) is 150 cm³/mol.